The van der Waals surface area contributed by atoms with E-state index in [2.05, 4.69) is 10.2 Å². The van der Waals surface area contributed by atoms with E-state index in [1.165, 1.54) is 0 Å². The molecular weight excluding hydrogens is 402 g/mol. The fourth-order valence-corrected chi connectivity index (χ4v) is 3.96. The van der Waals surface area contributed by atoms with Crippen molar-refractivity contribution in [1.29, 1.82) is 0 Å². The van der Waals surface area contributed by atoms with Crippen LogP contribution in [0.25, 0.3) is 11.0 Å². The van der Waals surface area contributed by atoms with Gasteiger partial charge >= 0.3 is 0 Å². The van der Waals surface area contributed by atoms with Gasteiger partial charge in [-0.25, -0.2) is 0 Å². The molecule has 1 saturated heterocycles. The van der Waals surface area contributed by atoms with Crippen LogP contribution < -0.4 is 10.2 Å². The van der Waals surface area contributed by atoms with E-state index in [0.29, 0.717) is 29.4 Å². The topological polar surface area (TPSA) is 65.8 Å². The predicted octanol–water partition coefficient (Wildman–Crippen LogP) is 4.64. The summed E-state index contributed by atoms with van der Waals surface area (Å²) in [6.07, 6.45) is 0. The first-order valence-corrected chi connectivity index (χ1v) is 10.4. The van der Waals surface area contributed by atoms with Crippen LogP contribution in [0.5, 0.6) is 0 Å². The average molecular weight is 426 g/mol. The highest BCUT2D eigenvalue weighted by molar-refractivity contribution is 6.33. The lowest BCUT2D eigenvalue weighted by atomic mass is 10.1. The smallest absolute Gasteiger partial charge is 0.291 e. The van der Waals surface area contributed by atoms with Gasteiger partial charge in [0.15, 0.2) is 5.76 Å². The van der Waals surface area contributed by atoms with Crippen molar-refractivity contribution in [3.05, 3.63) is 59.3 Å². The maximum absolute atomic E-state index is 12.5. The van der Waals surface area contributed by atoms with Gasteiger partial charge in [-0.3, -0.25) is 9.59 Å². The van der Waals surface area contributed by atoms with Gasteiger partial charge in [-0.1, -0.05) is 43.6 Å². The predicted molar refractivity (Wildman–Crippen MR) is 119 cm³/mol. The summed E-state index contributed by atoms with van der Waals surface area (Å²) < 4.78 is 5.61. The molecule has 4 rings (SSSR count). The van der Waals surface area contributed by atoms with Crippen molar-refractivity contribution in [2.75, 3.05) is 36.4 Å². The van der Waals surface area contributed by atoms with Gasteiger partial charge in [0, 0.05) is 43.2 Å². The molecule has 0 atom stereocenters. The molecule has 6 nitrogen and oxygen atoms in total. The number of benzene rings is 2. The maximum atomic E-state index is 12.5. The van der Waals surface area contributed by atoms with Crippen molar-refractivity contribution in [1.82, 2.24) is 4.90 Å². The lowest BCUT2D eigenvalue weighted by Crippen LogP contribution is -2.50. The summed E-state index contributed by atoms with van der Waals surface area (Å²) in [5, 5.41) is 4.27. The number of rotatable bonds is 4. The van der Waals surface area contributed by atoms with Crippen LogP contribution in [-0.2, 0) is 4.79 Å². The van der Waals surface area contributed by atoms with Crippen molar-refractivity contribution in [2.45, 2.75) is 13.8 Å². The van der Waals surface area contributed by atoms with E-state index in [-0.39, 0.29) is 23.5 Å². The summed E-state index contributed by atoms with van der Waals surface area (Å²) in [5.74, 6) is 0.123. The van der Waals surface area contributed by atoms with Crippen LogP contribution in [0.3, 0.4) is 0 Å². The SMILES string of the molecule is CC(C)C(=O)N1CCN(c2ccc(NC(=O)c3cc4ccccc4o3)cc2Cl)CC1. The quantitative estimate of drug-likeness (QED) is 0.661. The minimum Gasteiger partial charge on any atom is -0.451 e. The highest BCUT2D eigenvalue weighted by Crippen LogP contribution is 2.30. The first-order chi connectivity index (χ1) is 14.4. The van der Waals surface area contributed by atoms with Gasteiger partial charge in [-0.05, 0) is 30.3 Å². The first kappa shape index (κ1) is 20.3. The Morgan fingerprint density at radius 3 is 2.43 bits per heavy atom. The third-order valence-electron chi connectivity index (χ3n) is 5.28. The summed E-state index contributed by atoms with van der Waals surface area (Å²) in [6.45, 7) is 6.65. The zero-order valence-corrected chi connectivity index (χ0v) is 17.8. The number of hydrogen-bond donors (Lipinski definition) is 1. The summed E-state index contributed by atoms with van der Waals surface area (Å²) >= 11 is 6.51. The Kier molecular flexibility index (Phi) is 5.68. The minimum atomic E-state index is -0.323. The molecule has 2 aromatic carbocycles. The minimum absolute atomic E-state index is 0.00906. The van der Waals surface area contributed by atoms with Crippen LogP contribution in [0.15, 0.2) is 52.9 Å². The number of anilines is 2. The van der Waals surface area contributed by atoms with Gasteiger partial charge in [-0.2, -0.15) is 0 Å². The second kappa shape index (κ2) is 8.40. The number of fused-ring (bicyclic) bond motifs is 1. The molecule has 156 valence electrons. The van der Waals surface area contributed by atoms with E-state index in [0.717, 1.165) is 24.2 Å². The largest absolute Gasteiger partial charge is 0.451 e. The highest BCUT2D eigenvalue weighted by Gasteiger charge is 2.24. The monoisotopic (exact) mass is 425 g/mol. The second-order valence-electron chi connectivity index (χ2n) is 7.74. The molecule has 0 saturated carbocycles. The molecule has 3 aromatic rings. The molecule has 1 aromatic heterocycles. The first-order valence-electron chi connectivity index (χ1n) is 10.1. The Labute approximate surface area is 180 Å². The molecule has 7 heteroatoms. The molecule has 30 heavy (non-hydrogen) atoms. The van der Waals surface area contributed by atoms with E-state index in [9.17, 15) is 9.59 Å². The number of para-hydroxylation sites is 1. The Morgan fingerprint density at radius 2 is 1.77 bits per heavy atom. The van der Waals surface area contributed by atoms with Gasteiger partial charge in [0.2, 0.25) is 5.91 Å². The number of carbonyl (C=O) groups is 2. The molecule has 1 fully saturated rings. The second-order valence-corrected chi connectivity index (χ2v) is 8.14. The molecule has 2 amide bonds. The zero-order valence-electron chi connectivity index (χ0n) is 17.0. The summed E-state index contributed by atoms with van der Waals surface area (Å²) in [6, 6.07) is 14.7. The zero-order chi connectivity index (χ0) is 21.3. The van der Waals surface area contributed by atoms with Crippen molar-refractivity contribution in [2.24, 2.45) is 5.92 Å². The van der Waals surface area contributed by atoms with E-state index in [4.69, 9.17) is 16.0 Å². The summed E-state index contributed by atoms with van der Waals surface area (Å²) in [4.78, 5) is 28.8. The van der Waals surface area contributed by atoms with E-state index < -0.39 is 0 Å². The molecule has 0 aliphatic carbocycles. The fraction of sp³-hybridized carbons (Fsp3) is 0.304. The highest BCUT2D eigenvalue weighted by atomic mass is 35.5. The number of nitrogens with zero attached hydrogens (tertiary/aromatic N) is 2. The van der Waals surface area contributed by atoms with Crippen molar-refractivity contribution in [3.8, 4) is 0 Å². The van der Waals surface area contributed by atoms with Crippen molar-refractivity contribution < 1.29 is 14.0 Å². The van der Waals surface area contributed by atoms with Crippen LogP contribution in [-0.4, -0.2) is 42.9 Å². The molecule has 0 radical (unpaired) electrons. The number of piperazine rings is 1. The van der Waals surface area contributed by atoms with Gasteiger partial charge in [0.1, 0.15) is 5.58 Å². The third kappa shape index (κ3) is 4.14. The molecule has 0 bridgehead atoms. The molecule has 1 aliphatic heterocycles. The Morgan fingerprint density at radius 1 is 1.03 bits per heavy atom. The fourth-order valence-electron chi connectivity index (χ4n) is 3.66. The number of hydrogen-bond acceptors (Lipinski definition) is 4. The van der Waals surface area contributed by atoms with E-state index >= 15 is 0 Å². The Hall–Kier alpha value is -2.99. The van der Waals surface area contributed by atoms with Crippen LogP contribution in [0.2, 0.25) is 5.02 Å². The number of halogens is 1. The third-order valence-corrected chi connectivity index (χ3v) is 5.58. The van der Waals surface area contributed by atoms with E-state index in [1.807, 2.05) is 55.1 Å². The molecular formula is C23H24ClN3O3. The van der Waals surface area contributed by atoms with E-state index in [1.54, 1.807) is 12.1 Å². The standard InChI is InChI=1S/C23H24ClN3O3/c1-15(2)23(29)27-11-9-26(10-12-27)19-8-7-17(14-18(19)24)25-22(28)21-13-16-5-3-4-6-20(16)30-21/h3-8,13-15H,9-12H2,1-2H3,(H,25,28). The normalized spacial score (nSPS) is 14.4. The van der Waals surface area contributed by atoms with Crippen LogP contribution in [0.4, 0.5) is 11.4 Å². The summed E-state index contributed by atoms with van der Waals surface area (Å²) in [7, 11) is 0. The van der Waals surface area contributed by atoms with Gasteiger partial charge in [0.05, 0.1) is 10.7 Å². The van der Waals surface area contributed by atoms with Gasteiger partial charge < -0.3 is 19.5 Å². The van der Waals surface area contributed by atoms with Gasteiger partial charge in [-0.15, -0.1) is 0 Å². The van der Waals surface area contributed by atoms with Crippen LogP contribution >= 0.6 is 11.6 Å². The van der Waals surface area contributed by atoms with Crippen LogP contribution in [0, 0.1) is 5.92 Å². The van der Waals surface area contributed by atoms with Gasteiger partial charge in [0.25, 0.3) is 5.91 Å². The van der Waals surface area contributed by atoms with Crippen molar-refractivity contribution in [3.63, 3.8) is 0 Å². The maximum Gasteiger partial charge on any atom is 0.291 e. The number of amides is 2. The van der Waals surface area contributed by atoms with Crippen LogP contribution in [0.1, 0.15) is 24.4 Å². The molecule has 2 heterocycles. The number of carbonyl (C=O) groups excluding carboxylic acids is 2. The molecule has 1 aliphatic rings. The summed E-state index contributed by atoms with van der Waals surface area (Å²) in [5.41, 5.74) is 2.17. The van der Waals surface area contributed by atoms with Crippen molar-refractivity contribution >= 4 is 45.8 Å². The molecule has 0 unspecified atom stereocenters. The average Bonchev–Trinajstić information content (AvgIpc) is 3.18. The Bertz CT molecular complexity index is 1050. The lowest BCUT2D eigenvalue weighted by Gasteiger charge is -2.37. The number of furan rings is 1. The molecule has 0 spiro atoms. The lowest BCUT2D eigenvalue weighted by molar-refractivity contribution is -0.134. The number of nitrogens with one attached hydrogen (secondary N) is 1. The molecule has 1 N–H and O–H groups in total. The Balaban J connectivity index is 1.42.